The Morgan fingerprint density at radius 3 is 2.46 bits per heavy atom. The Balaban J connectivity index is 1.83. The molecular formula is C19H14ClF2N3O2S. The van der Waals surface area contributed by atoms with Crippen LogP contribution in [0.2, 0.25) is 5.02 Å². The van der Waals surface area contributed by atoms with Gasteiger partial charge in [0, 0.05) is 23.0 Å². The van der Waals surface area contributed by atoms with Crippen LogP contribution in [0.5, 0.6) is 0 Å². The van der Waals surface area contributed by atoms with Crippen LogP contribution in [0.15, 0.2) is 47.8 Å². The molecule has 28 heavy (non-hydrogen) atoms. The van der Waals surface area contributed by atoms with E-state index in [0.29, 0.717) is 10.0 Å². The molecule has 0 saturated heterocycles. The number of hydrogen-bond donors (Lipinski definition) is 2. The number of thiazole rings is 1. The molecule has 9 heteroatoms. The highest BCUT2D eigenvalue weighted by atomic mass is 35.5. The minimum atomic E-state index is -1.20. The molecule has 0 bridgehead atoms. The Bertz CT molecular complexity index is 1020. The van der Waals surface area contributed by atoms with E-state index in [0.717, 1.165) is 17.7 Å². The van der Waals surface area contributed by atoms with Crippen LogP contribution < -0.4 is 10.6 Å². The van der Waals surface area contributed by atoms with E-state index in [1.54, 1.807) is 29.6 Å². The van der Waals surface area contributed by atoms with Gasteiger partial charge in [-0.15, -0.1) is 11.3 Å². The third-order valence-corrected chi connectivity index (χ3v) is 5.03. The van der Waals surface area contributed by atoms with E-state index in [-0.39, 0.29) is 11.3 Å². The van der Waals surface area contributed by atoms with E-state index in [1.165, 1.54) is 24.5 Å². The molecule has 0 radical (unpaired) electrons. The van der Waals surface area contributed by atoms with Crippen LogP contribution in [0, 0.1) is 11.6 Å². The van der Waals surface area contributed by atoms with E-state index in [4.69, 9.17) is 11.6 Å². The normalized spacial score (nSPS) is 11.7. The van der Waals surface area contributed by atoms with Crippen molar-refractivity contribution >= 4 is 34.8 Å². The Morgan fingerprint density at radius 2 is 1.82 bits per heavy atom. The average molecular weight is 422 g/mol. The second kappa shape index (κ2) is 8.45. The monoisotopic (exact) mass is 421 g/mol. The summed E-state index contributed by atoms with van der Waals surface area (Å²) < 4.78 is 26.7. The number of benzene rings is 2. The van der Waals surface area contributed by atoms with Crippen molar-refractivity contribution in [3.05, 3.63) is 75.8 Å². The van der Waals surface area contributed by atoms with Crippen LogP contribution in [0.1, 0.15) is 22.1 Å². The highest BCUT2D eigenvalue weighted by Crippen LogP contribution is 2.25. The highest BCUT2D eigenvalue weighted by molar-refractivity contribution is 7.13. The average Bonchev–Trinajstić information content (AvgIpc) is 3.18. The van der Waals surface area contributed by atoms with E-state index >= 15 is 0 Å². The number of halogens is 3. The Labute approximate surface area is 168 Å². The molecule has 0 saturated carbocycles. The summed E-state index contributed by atoms with van der Waals surface area (Å²) in [5.41, 5.74) is 1.00. The fourth-order valence-corrected chi connectivity index (χ4v) is 3.38. The molecule has 0 fully saturated rings. The molecule has 0 aliphatic rings. The predicted octanol–water partition coefficient (Wildman–Crippen LogP) is 3.96. The maximum atomic E-state index is 13.5. The first-order valence-corrected chi connectivity index (χ1v) is 9.33. The molecule has 144 valence electrons. The lowest BCUT2D eigenvalue weighted by molar-refractivity contribution is -0.122. The Morgan fingerprint density at radius 1 is 1.11 bits per heavy atom. The van der Waals surface area contributed by atoms with Crippen LogP contribution in [0.25, 0.3) is 10.6 Å². The van der Waals surface area contributed by atoms with Gasteiger partial charge in [-0.3, -0.25) is 9.59 Å². The Kier molecular flexibility index (Phi) is 6.01. The Hall–Kier alpha value is -2.84. The fourth-order valence-electron chi connectivity index (χ4n) is 2.44. The van der Waals surface area contributed by atoms with E-state index in [9.17, 15) is 18.4 Å². The number of likely N-dealkylation sites (N-methyl/N-ethyl adjacent to an activating group) is 1. The maximum Gasteiger partial charge on any atom is 0.271 e. The topological polar surface area (TPSA) is 71.1 Å². The van der Waals surface area contributed by atoms with Gasteiger partial charge in [-0.05, 0) is 29.8 Å². The van der Waals surface area contributed by atoms with Gasteiger partial charge in [0.2, 0.25) is 5.91 Å². The second-order valence-electron chi connectivity index (χ2n) is 5.74. The van der Waals surface area contributed by atoms with Crippen molar-refractivity contribution in [3.8, 4) is 10.6 Å². The van der Waals surface area contributed by atoms with Crippen molar-refractivity contribution in [1.29, 1.82) is 0 Å². The van der Waals surface area contributed by atoms with Gasteiger partial charge in [0.15, 0.2) is 11.6 Å². The molecule has 3 aromatic rings. The molecule has 1 unspecified atom stereocenters. The summed E-state index contributed by atoms with van der Waals surface area (Å²) in [6.07, 6.45) is 0. The minimum Gasteiger partial charge on any atom is -0.357 e. The molecule has 1 heterocycles. The number of carbonyl (C=O) groups is 2. The van der Waals surface area contributed by atoms with Gasteiger partial charge < -0.3 is 10.6 Å². The van der Waals surface area contributed by atoms with Crippen molar-refractivity contribution in [3.63, 3.8) is 0 Å². The van der Waals surface area contributed by atoms with E-state index in [1.807, 2.05) is 0 Å². The van der Waals surface area contributed by atoms with Gasteiger partial charge in [-0.1, -0.05) is 29.8 Å². The SMILES string of the molecule is CNC(=O)C(NC(=O)c1csc(-c2ccc(Cl)cc2)n1)c1ccc(F)c(F)c1. The number of nitrogens with zero attached hydrogens (tertiary/aromatic N) is 1. The molecule has 0 spiro atoms. The molecule has 1 aromatic heterocycles. The first kappa shape index (κ1) is 19.9. The number of amides is 2. The summed E-state index contributed by atoms with van der Waals surface area (Å²) in [5.74, 6) is -3.35. The first-order valence-electron chi connectivity index (χ1n) is 8.08. The van der Waals surface area contributed by atoms with Gasteiger partial charge in [-0.2, -0.15) is 0 Å². The van der Waals surface area contributed by atoms with Crippen molar-refractivity contribution in [2.24, 2.45) is 0 Å². The zero-order chi connectivity index (χ0) is 20.3. The van der Waals surface area contributed by atoms with Crippen LogP contribution >= 0.6 is 22.9 Å². The first-order chi connectivity index (χ1) is 13.4. The van der Waals surface area contributed by atoms with Crippen molar-refractivity contribution in [2.45, 2.75) is 6.04 Å². The van der Waals surface area contributed by atoms with E-state index in [2.05, 4.69) is 15.6 Å². The third kappa shape index (κ3) is 4.35. The maximum absolute atomic E-state index is 13.5. The molecule has 0 aliphatic heterocycles. The standard InChI is InChI=1S/C19H14ClF2N3O2S/c1-23-18(27)16(11-4-7-13(21)14(22)8-11)25-17(26)15-9-28-19(24-15)10-2-5-12(20)6-3-10/h2-9,16H,1H3,(H,23,27)(H,25,26). The highest BCUT2D eigenvalue weighted by Gasteiger charge is 2.24. The summed E-state index contributed by atoms with van der Waals surface area (Å²) >= 11 is 7.12. The molecule has 1 atom stereocenters. The summed E-state index contributed by atoms with van der Waals surface area (Å²) in [4.78, 5) is 29.0. The van der Waals surface area contributed by atoms with E-state index < -0.39 is 29.5 Å². The molecule has 0 aliphatic carbocycles. The molecule has 2 amide bonds. The smallest absolute Gasteiger partial charge is 0.271 e. The van der Waals surface area contributed by atoms with Crippen LogP contribution in [0.3, 0.4) is 0 Å². The lowest BCUT2D eigenvalue weighted by Gasteiger charge is -2.17. The zero-order valence-electron chi connectivity index (χ0n) is 14.5. The fraction of sp³-hybridized carbons (Fsp3) is 0.105. The quantitative estimate of drug-likeness (QED) is 0.655. The van der Waals surface area contributed by atoms with Crippen molar-refractivity contribution < 1.29 is 18.4 Å². The largest absolute Gasteiger partial charge is 0.357 e. The van der Waals surface area contributed by atoms with Crippen molar-refractivity contribution in [1.82, 2.24) is 15.6 Å². The minimum absolute atomic E-state index is 0.103. The molecule has 2 N–H and O–H groups in total. The van der Waals surface area contributed by atoms with Gasteiger partial charge in [0.05, 0.1) is 0 Å². The number of carbonyl (C=O) groups excluding carboxylic acids is 2. The van der Waals surface area contributed by atoms with Gasteiger partial charge in [-0.25, -0.2) is 13.8 Å². The van der Waals surface area contributed by atoms with Crippen LogP contribution in [-0.4, -0.2) is 23.8 Å². The van der Waals surface area contributed by atoms with Crippen molar-refractivity contribution in [2.75, 3.05) is 7.05 Å². The lowest BCUT2D eigenvalue weighted by atomic mass is 10.1. The number of aromatic nitrogens is 1. The number of nitrogens with one attached hydrogen (secondary N) is 2. The molecule has 3 rings (SSSR count). The van der Waals surface area contributed by atoms with Gasteiger partial charge >= 0.3 is 0 Å². The molecule has 2 aromatic carbocycles. The van der Waals surface area contributed by atoms with Gasteiger partial charge in [0.25, 0.3) is 5.91 Å². The second-order valence-corrected chi connectivity index (χ2v) is 7.03. The third-order valence-electron chi connectivity index (χ3n) is 3.89. The zero-order valence-corrected chi connectivity index (χ0v) is 16.1. The summed E-state index contributed by atoms with van der Waals surface area (Å²) in [7, 11) is 1.38. The number of rotatable bonds is 5. The molecule has 5 nitrogen and oxygen atoms in total. The van der Waals surface area contributed by atoms with Crippen LogP contribution in [0.4, 0.5) is 8.78 Å². The summed E-state index contributed by atoms with van der Waals surface area (Å²) in [6, 6.07) is 8.77. The predicted molar refractivity (Wildman–Crippen MR) is 103 cm³/mol. The summed E-state index contributed by atoms with van der Waals surface area (Å²) in [5, 5.41) is 7.63. The lowest BCUT2D eigenvalue weighted by Crippen LogP contribution is -2.39. The summed E-state index contributed by atoms with van der Waals surface area (Å²) in [6.45, 7) is 0. The van der Waals surface area contributed by atoms with Crippen LogP contribution in [-0.2, 0) is 4.79 Å². The molecular weight excluding hydrogens is 408 g/mol. The number of hydrogen-bond acceptors (Lipinski definition) is 4. The van der Waals surface area contributed by atoms with Gasteiger partial charge in [0.1, 0.15) is 16.7 Å².